The first-order valence-corrected chi connectivity index (χ1v) is 10.9. The maximum absolute atomic E-state index is 13.1. The van der Waals surface area contributed by atoms with Gasteiger partial charge in [0.25, 0.3) is 5.91 Å². The predicted octanol–water partition coefficient (Wildman–Crippen LogP) is 3.35. The minimum Gasteiger partial charge on any atom is -0.503 e. The van der Waals surface area contributed by atoms with Crippen LogP contribution in [0.15, 0.2) is 69.0 Å². The lowest BCUT2D eigenvalue weighted by Gasteiger charge is -2.31. The van der Waals surface area contributed by atoms with Crippen LogP contribution < -0.4 is 0 Å². The zero-order valence-electron chi connectivity index (χ0n) is 16.9. The van der Waals surface area contributed by atoms with Gasteiger partial charge in [-0.15, -0.1) is 0 Å². The first-order valence-electron chi connectivity index (χ1n) is 10.1. The highest BCUT2D eigenvalue weighted by atomic mass is 79.9. The molecule has 162 valence electrons. The number of aliphatic hydroxyl groups is 1. The molecule has 0 bridgehead atoms. The fraction of sp³-hybridized carbons (Fsp3) is 0.304. The highest BCUT2D eigenvalue weighted by molar-refractivity contribution is 9.10. The van der Waals surface area contributed by atoms with Crippen LogP contribution in [0.5, 0.6) is 0 Å². The van der Waals surface area contributed by atoms with Crippen molar-refractivity contribution in [3.63, 3.8) is 0 Å². The number of furan rings is 1. The standard InChI is InChI=1S/C23H23BrN2O5/c24-17-4-1-3-16(15-17)21-20(19(27)7-6-18-5-2-12-31-18)22(28)23(29)26(21)9-8-25-10-13-30-14-11-25/h1-7,12,15,21,28H,8-11,13-14H2/b7-6+. The molecular weight excluding hydrogens is 464 g/mol. The molecular formula is C23H23BrN2O5. The van der Waals surface area contributed by atoms with Crippen molar-refractivity contribution in [3.8, 4) is 0 Å². The summed E-state index contributed by atoms with van der Waals surface area (Å²) in [5, 5.41) is 10.7. The number of rotatable bonds is 7. The summed E-state index contributed by atoms with van der Waals surface area (Å²) >= 11 is 3.46. The molecule has 4 rings (SSSR count). The molecule has 2 aliphatic rings. The summed E-state index contributed by atoms with van der Waals surface area (Å²) in [6, 6.07) is 10.2. The maximum Gasteiger partial charge on any atom is 0.290 e. The van der Waals surface area contributed by atoms with E-state index in [0.717, 1.165) is 23.1 Å². The molecule has 1 fully saturated rings. The number of carbonyl (C=O) groups is 2. The third-order valence-corrected chi connectivity index (χ3v) is 5.93. The number of carbonyl (C=O) groups excluding carboxylic acids is 2. The molecule has 2 aliphatic heterocycles. The van der Waals surface area contributed by atoms with Crippen molar-refractivity contribution in [1.82, 2.24) is 9.80 Å². The Morgan fingerprint density at radius 1 is 1.19 bits per heavy atom. The van der Waals surface area contributed by atoms with Crippen molar-refractivity contribution in [2.24, 2.45) is 0 Å². The Hall–Kier alpha value is -2.68. The third kappa shape index (κ3) is 4.81. The van der Waals surface area contributed by atoms with E-state index in [-0.39, 0.29) is 5.57 Å². The van der Waals surface area contributed by atoms with Crippen molar-refractivity contribution < 1.29 is 23.8 Å². The second-order valence-electron chi connectivity index (χ2n) is 7.39. The van der Waals surface area contributed by atoms with Gasteiger partial charge in [-0.25, -0.2) is 0 Å². The van der Waals surface area contributed by atoms with Gasteiger partial charge in [-0.05, 0) is 42.0 Å². The molecule has 0 aliphatic carbocycles. The van der Waals surface area contributed by atoms with E-state index in [1.54, 1.807) is 17.0 Å². The van der Waals surface area contributed by atoms with Crippen molar-refractivity contribution >= 4 is 33.7 Å². The van der Waals surface area contributed by atoms with Gasteiger partial charge >= 0.3 is 0 Å². The number of hydrogen-bond acceptors (Lipinski definition) is 6. The molecule has 1 unspecified atom stereocenters. The number of morpholine rings is 1. The number of hydrogen-bond donors (Lipinski definition) is 1. The minimum atomic E-state index is -0.667. The fourth-order valence-corrected chi connectivity index (χ4v) is 4.28. The van der Waals surface area contributed by atoms with E-state index in [4.69, 9.17) is 9.15 Å². The van der Waals surface area contributed by atoms with Crippen LogP contribution >= 0.6 is 15.9 Å². The average Bonchev–Trinajstić information content (AvgIpc) is 3.38. The molecule has 31 heavy (non-hydrogen) atoms. The highest BCUT2D eigenvalue weighted by Crippen LogP contribution is 2.38. The van der Waals surface area contributed by atoms with Crippen LogP contribution in [0, 0.1) is 0 Å². The van der Waals surface area contributed by atoms with Gasteiger partial charge in [0.2, 0.25) is 0 Å². The Balaban J connectivity index is 1.62. The Morgan fingerprint density at radius 2 is 2.00 bits per heavy atom. The van der Waals surface area contributed by atoms with Gasteiger partial charge in [-0.3, -0.25) is 14.5 Å². The second kappa shape index (κ2) is 9.64. The van der Waals surface area contributed by atoms with Gasteiger partial charge in [-0.1, -0.05) is 28.1 Å². The third-order valence-electron chi connectivity index (χ3n) is 5.44. The SMILES string of the molecule is O=C(/C=C/c1ccco1)C1=C(O)C(=O)N(CCN2CCOCC2)C1c1cccc(Br)c1. The van der Waals surface area contributed by atoms with Crippen LogP contribution in [-0.4, -0.2) is 66.0 Å². The summed E-state index contributed by atoms with van der Waals surface area (Å²) in [4.78, 5) is 29.8. The van der Waals surface area contributed by atoms with Crippen molar-refractivity contribution in [3.05, 3.63) is 75.9 Å². The molecule has 1 N–H and O–H groups in total. The Labute approximate surface area is 188 Å². The molecule has 3 heterocycles. The predicted molar refractivity (Wildman–Crippen MR) is 118 cm³/mol. The van der Waals surface area contributed by atoms with E-state index in [1.165, 1.54) is 18.4 Å². The number of aliphatic hydroxyl groups excluding tert-OH is 1. The molecule has 1 saturated heterocycles. The van der Waals surface area contributed by atoms with Crippen LogP contribution in [0.25, 0.3) is 6.08 Å². The lowest BCUT2D eigenvalue weighted by molar-refractivity contribution is -0.129. The summed E-state index contributed by atoms with van der Waals surface area (Å²) in [6.45, 7) is 3.93. The van der Waals surface area contributed by atoms with E-state index >= 15 is 0 Å². The summed E-state index contributed by atoms with van der Waals surface area (Å²) in [6.07, 6.45) is 4.37. The normalized spacial score (nSPS) is 20.2. The molecule has 0 radical (unpaired) electrons. The average molecular weight is 487 g/mol. The second-order valence-corrected chi connectivity index (χ2v) is 8.30. The molecule has 1 amide bonds. The largest absolute Gasteiger partial charge is 0.503 e. The number of nitrogens with zero attached hydrogens (tertiary/aromatic N) is 2. The number of amides is 1. The molecule has 0 saturated carbocycles. The van der Waals surface area contributed by atoms with Crippen LogP contribution in [0.2, 0.25) is 0 Å². The van der Waals surface area contributed by atoms with Crippen LogP contribution in [0.4, 0.5) is 0 Å². The monoisotopic (exact) mass is 486 g/mol. The van der Waals surface area contributed by atoms with Crippen molar-refractivity contribution in [2.45, 2.75) is 6.04 Å². The van der Waals surface area contributed by atoms with Crippen LogP contribution in [0.3, 0.4) is 0 Å². The molecule has 7 nitrogen and oxygen atoms in total. The van der Waals surface area contributed by atoms with E-state index in [2.05, 4.69) is 20.8 Å². The summed E-state index contributed by atoms with van der Waals surface area (Å²) in [7, 11) is 0. The van der Waals surface area contributed by atoms with Gasteiger partial charge < -0.3 is 19.2 Å². The Bertz CT molecular complexity index is 1010. The zero-order valence-corrected chi connectivity index (χ0v) is 18.5. The summed E-state index contributed by atoms with van der Waals surface area (Å²) < 4.78 is 11.4. The molecule has 1 aromatic carbocycles. The quantitative estimate of drug-likeness (QED) is 0.604. The van der Waals surface area contributed by atoms with Gasteiger partial charge in [-0.2, -0.15) is 0 Å². The van der Waals surface area contributed by atoms with E-state index in [1.807, 2.05) is 24.3 Å². The molecule has 2 aromatic rings. The fourth-order valence-electron chi connectivity index (χ4n) is 3.87. The minimum absolute atomic E-state index is 0.0767. The first kappa shape index (κ1) is 21.5. The summed E-state index contributed by atoms with van der Waals surface area (Å²) in [5.74, 6) is -0.948. The smallest absolute Gasteiger partial charge is 0.290 e. The van der Waals surface area contributed by atoms with Gasteiger partial charge in [0.05, 0.1) is 31.1 Å². The lowest BCUT2D eigenvalue weighted by Crippen LogP contribution is -2.43. The number of ketones is 1. The van der Waals surface area contributed by atoms with Gasteiger partial charge in [0.1, 0.15) is 5.76 Å². The topological polar surface area (TPSA) is 83.2 Å². The number of ether oxygens (including phenoxy) is 1. The molecule has 0 spiro atoms. The van der Waals surface area contributed by atoms with Crippen molar-refractivity contribution in [2.75, 3.05) is 39.4 Å². The van der Waals surface area contributed by atoms with Crippen LogP contribution in [0.1, 0.15) is 17.4 Å². The van der Waals surface area contributed by atoms with E-state index in [9.17, 15) is 14.7 Å². The zero-order chi connectivity index (χ0) is 21.8. The highest BCUT2D eigenvalue weighted by Gasteiger charge is 2.42. The Kier molecular flexibility index (Phi) is 6.70. The number of halogens is 1. The van der Waals surface area contributed by atoms with Crippen molar-refractivity contribution in [1.29, 1.82) is 0 Å². The van der Waals surface area contributed by atoms with E-state index in [0.29, 0.717) is 32.1 Å². The van der Waals surface area contributed by atoms with Gasteiger partial charge in [0, 0.05) is 30.7 Å². The molecule has 8 heteroatoms. The first-order chi connectivity index (χ1) is 15.0. The van der Waals surface area contributed by atoms with Crippen LogP contribution in [-0.2, 0) is 14.3 Å². The number of benzene rings is 1. The maximum atomic E-state index is 13.1. The lowest BCUT2D eigenvalue weighted by atomic mass is 9.96. The van der Waals surface area contributed by atoms with Gasteiger partial charge in [0.15, 0.2) is 11.5 Å². The Morgan fingerprint density at radius 3 is 2.71 bits per heavy atom. The van der Waals surface area contributed by atoms with E-state index < -0.39 is 23.5 Å². The molecule has 1 aromatic heterocycles. The summed E-state index contributed by atoms with van der Waals surface area (Å²) in [5.41, 5.74) is 0.830. The molecule has 1 atom stereocenters. The number of allylic oxidation sites excluding steroid dienone is 1.